The van der Waals surface area contributed by atoms with Gasteiger partial charge in [0.05, 0.1) is 25.4 Å². The van der Waals surface area contributed by atoms with Crippen LogP contribution in [0.1, 0.15) is 309 Å². The number of rotatable bonds is 52. The van der Waals surface area contributed by atoms with Gasteiger partial charge >= 0.3 is 5.97 Å². The fourth-order valence-electron chi connectivity index (χ4n) is 8.75. The van der Waals surface area contributed by atoms with Crippen LogP contribution in [-0.2, 0) is 14.3 Å². The Kier molecular flexibility index (Phi) is 51.0. The lowest BCUT2D eigenvalue weighted by atomic mass is 10.0. The first-order valence-electron chi connectivity index (χ1n) is 27.9. The summed E-state index contributed by atoms with van der Waals surface area (Å²) in [5.74, 6) is -0.0895. The van der Waals surface area contributed by atoms with E-state index in [-0.39, 0.29) is 18.5 Å². The zero-order chi connectivity index (χ0) is 45.1. The van der Waals surface area contributed by atoms with Crippen molar-refractivity contribution in [3.05, 3.63) is 12.2 Å². The number of aliphatic hydroxyl groups is 2. The zero-order valence-electron chi connectivity index (χ0n) is 41.9. The van der Waals surface area contributed by atoms with E-state index < -0.39 is 12.1 Å². The lowest BCUT2D eigenvalue weighted by Gasteiger charge is -2.22. The van der Waals surface area contributed by atoms with Gasteiger partial charge in [0, 0.05) is 12.8 Å². The Morgan fingerprint density at radius 2 is 0.758 bits per heavy atom. The van der Waals surface area contributed by atoms with Crippen LogP contribution in [0, 0.1) is 0 Å². The minimum absolute atomic E-state index is 0.0288. The maximum Gasteiger partial charge on any atom is 0.305 e. The maximum absolute atomic E-state index is 12.5. The summed E-state index contributed by atoms with van der Waals surface area (Å²) in [6, 6.07) is -0.562. The third kappa shape index (κ3) is 48.1. The summed E-state index contributed by atoms with van der Waals surface area (Å²) in [6.45, 7) is 4.90. The summed E-state index contributed by atoms with van der Waals surface area (Å²) in [5, 5.41) is 23.3. The lowest BCUT2D eigenvalue weighted by molar-refractivity contribution is -0.143. The van der Waals surface area contributed by atoms with Crippen molar-refractivity contribution in [1.82, 2.24) is 5.32 Å². The highest BCUT2D eigenvalue weighted by Crippen LogP contribution is 2.17. The normalized spacial score (nSPS) is 12.6. The monoisotopic (exact) mass is 876 g/mol. The van der Waals surface area contributed by atoms with Gasteiger partial charge in [-0.1, -0.05) is 257 Å². The van der Waals surface area contributed by atoms with Crippen LogP contribution in [0.4, 0.5) is 0 Å². The minimum Gasteiger partial charge on any atom is -0.466 e. The fourth-order valence-corrected chi connectivity index (χ4v) is 8.75. The Morgan fingerprint density at radius 3 is 1.15 bits per heavy atom. The average molecular weight is 876 g/mol. The summed E-state index contributed by atoms with van der Waals surface area (Å²) in [7, 11) is 0. The number of unbranched alkanes of at least 4 members (excludes halogenated alkanes) is 39. The number of nitrogens with one attached hydrogen (secondary N) is 1. The molecule has 0 rings (SSSR count). The van der Waals surface area contributed by atoms with E-state index in [1.54, 1.807) is 0 Å². The molecule has 3 N–H and O–H groups in total. The Morgan fingerprint density at radius 1 is 0.435 bits per heavy atom. The Balaban J connectivity index is 3.50. The summed E-state index contributed by atoms with van der Waals surface area (Å²) in [4.78, 5) is 24.5. The molecule has 1 amide bonds. The number of hydrogen-bond acceptors (Lipinski definition) is 5. The summed E-state index contributed by atoms with van der Waals surface area (Å²) in [6.07, 6.45) is 60.5. The molecule has 0 aromatic carbocycles. The maximum atomic E-state index is 12.5. The van der Waals surface area contributed by atoms with E-state index >= 15 is 0 Å². The largest absolute Gasteiger partial charge is 0.466 e. The molecule has 6 nitrogen and oxygen atoms in total. The van der Waals surface area contributed by atoms with Gasteiger partial charge in [0.25, 0.3) is 0 Å². The van der Waals surface area contributed by atoms with Gasteiger partial charge in [0.15, 0.2) is 0 Å². The van der Waals surface area contributed by atoms with Crippen molar-refractivity contribution in [2.24, 2.45) is 0 Å². The first-order valence-corrected chi connectivity index (χ1v) is 27.9. The third-order valence-electron chi connectivity index (χ3n) is 13.1. The quantitative estimate of drug-likeness (QED) is 0.0321. The molecule has 0 aromatic rings. The first kappa shape index (κ1) is 60.6. The van der Waals surface area contributed by atoms with Crippen LogP contribution >= 0.6 is 0 Å². The van der Waals surface area contributed by atoms with Gasteiger partial charge in [-0.2, -0.15) is 0 Å². The molecule has 0 aliphatic rings. The van der Waals surface area contributed by atoms with E-state index in [0.29, 0.717) is 25.9 Å². The van der Waals surface area contributed by atoms with Crippen LogP contribution in [0.25, 0.3) is 0 Å². The van der Waals surface area contributed by atoms with Gasteiger partial charge in [-0.15, -0.1) is 0 Å². The smallest absolute Gasteiger partial charge is 0.305 e. The van der Waals surface area contributed by atoms with Gasteiger partial charge < -0.3 is 20.3 Å². The standard InChI is InChI=1S/C56H109NO5/c1-3-5-7-9-11-13-15-17-18-19-20-21-22-23-24-26-28-32-36-40-44-48-54(59)53(52-58)57-55(60)49-45-41-37-33-29-27-31-35-39-43-47-51-62-56(61)50-46-42-38-34-30-25-16-14-12-10-8-6-4-2/h31,35,53-54,58-59H,3-30,32-34,36-52H2,1-2H3,(H,57,60)/b35-31-. The molecule has 0 saturated carbocycles. The van der Waals surface area contributed by atoms with Crippen LogP contribution < -0.4 is 5.32 Å². The Hall–Kier alpha value is -1.40. The molecular formula is C56H109NO5. The number of aliphatic hydroxyl groups excluding tert-OH is 2. The second-order valence-corrected chi connectivity index (χ2v) is 19.3. The molecule has 368 valence electrons. The predicted molar refractivity (Wildman–Crippen MR) is 269 cm³/mol. The van der Waals surface area contributed by atoms with Crippen LogP contribution in [-0.4, -0.2) is 47.4 Å². The van der Waals surface area contributed by atoms with Crippen molar-refractivity contribution in [3.8, 4) is 0 Å². The third-order valence-corrected chi connectivity index (χ3v) is 13.1. The molecule has 0 aliphatic carbocycles. The first-order chi connectivity index (χ1) is 30.5. The van der Waals surface area contributed by atoms with Crippen LogP contribution in [0.5, 0.6) is 0 Å². The second-order valence-electron chi connectivity index (χ2n) is 19.3. The molecule has 0 saturated heterocycles. The number of allylic oxidation sites excluding steroid dienone is 2. The van der Waals surface area contributed by atoms with Crippen molar-refractivity contribution in [3.63, 3.8) is 0 Å². The SMILES string of the molecule is CCCCCCCCCCCCCCCCCCCCCCCC(O)C(CO)NC(=O)CCCCCCC/C=C\CCCCOC(=O)CCCCCCCCCCCCCCC. The summed E-state index contributed by atoms with van der Waals surface area (Å²) >= 11 is 0. The summed E-state index contributed by atoms with van der Waals surface area (Å²) < 4.78 is 5.44. The molecule has 0 radical (unpaired) electrons. The molecule has 0 spiro atoms. The summed E-state index contributed by atoms with van der Waals surface area (Å²) in [5.41, 5.74) is 0. The number of carbonyl (C=O) groups is 2. The molecule has 0 aromatic heterocycles. The van der Waals surface area contributed by atoms with E-state index in [1.165, 1.54) is 199 Å². The molecule has 0 aliphatic heterocycles. The van der Waals surface area contributed by atoms with E-state index in [2.05, 4.69) is 31.3 Å². The van der Waals surface area contributed by atoms with Gasteiger partial charge in [-0.25, -0.2) is 0 Å². The number of ether oxygens (including phenoxy) is 1. The molecule has 6 heteroatoms. The highest BCUT2D eigenvalue weighted by Gasteiger charge is 2.20. The van der Waals surface area contributed by atoms with Crippen molar-refractivity contribution in [1.29, 1.82) is 0 Å². The lowest BCUT2D eigenvalue weighted by Crippen LogP contribution is -2.45. The number of carbonyl (C=O) groups excluding carboxylic acids is 2. The Labute approximate surface area is 387 Å². The fraction of sp³-hybridized carbons (Fsp3) is 0.929. The molecule has 0 bridgehead atoms. The second kappa shape index (κ2) is 52.2. The van der Waals surface area contributed by atoms with E-state index in [9.17, 15) is 19.8 Å². The van der Waals surface area contributed by atoms with Crippen molar-refractivity contribution in [2.75, 3.05) is 13.2 Å². The van der Waals surface area contributed by atoms with E-state index in [1.807, 2.05) is 0 Å². The topological polar surface area (TPSA) is 95.9 Å². The number of esters is 1. The molecule has 0 fully saturated rings. The average Bonchev–Trinajstić information content (AvgIpc) is 3.27. The molecule has 62 heavy (non-hydrogen) atoms. The minimum atomic E-state index is -0.682. The Bertz CT molecular complexity index is 924. The van der Waals surface area contributed by atoms with Crippen LogP contribution in [0.3, 0.4) is 0 Å². The predicted octanol–water partition coefficient (Wildman–Crippen LogP) is 16.9. The van der Waals surface area contributed by atoms with Crippen LogP contribution in [0.2, 0.25) is 0 Å². The van der Waals surface area contributed by atoms with Gasteiger partial charge in [0.1, 0.15) is 0 Å². The highest BCUT2D eigenvalue weighted by molar-refractivity contribution is 5.76. The molecule has 2 unspecified atom stereocenters. The van der Waals surface area contributed by atoms with Gasteiger partial charge in [-0.05, 0) is 51.4 Å². The highest BCUT2D eigenvalue weighted by atomic mass is 16.5. The van der Waals surface area contributed by atoms with Crippen LogP contribution in [0.15, 0.2) is 12.2 Å². The zero-order valence-corrected chi connectivity index (χ0v) is 41.9. The number of amides is 1. The van der Waals surface area contributed by atoms with Gasteiger partial charge in [-0.3, -0.25) is 9.59 Å². The van der Waals surface area contributed by atoms with Gasteiger partial charge in [0.2, 0.25) is 5.91 Å². The van der Waals surface area contributed by atoms with Crippen molar-refractivity contribution < 1.29 is 24.5 Å². The van der Waals surface area contributed by atoms with E-state index in [4.69, 9.17) is 4.74 Å². The van der Waals surface area contributed by atoms with Crippen molar-refractivity contribution in [2.45, 2.75) is 321 Å². The number of hydrogen-bond donors (Lipinski definition) is 3. The van der Waals surface area contributed by atoms with E-state index in [0.717, 1.165) is 77.0 Å². The van der Waals surface area contributed by atoms with Crippen molar-refractivity contribution >= 4 is 11.9 Å². The molecule has 0 heterocycles. The molecule has 2 atom stereocenters. The molecular weight excluding hydrogens is 767 g/mol.